The number of aldehydes is 1. The molecule has 0 bridgehead atoms. The maximum Gasteiger partial charge on any atom is 0.153 e. The van der Waals surface area contributed by atoms with Crippen LogP contribution in [0, 0.1) is 0 Å². The zero-order valence-electron chi connectivity index (χ0n) is 7.10. The van der Waals surface area contributed by atoms with E-state index in [-0.39, 0.29) is 0 Å². The molecule has 0 N–H and O–H groups in total. The molecule has 0 aromatic carbocycles. The molecule has 0 fully saturated rings. The first-order valence-electron chi connectivity index (χ1n) is 3.81. The fourth-order valence-electron chi connectivity index (χ4n) is 1.20. The summed E-state index contributed by atoms with van der Waals surface area (Å²) in [6.45, 7) is 0. The highest BCUT2D eigenvalue weighted by atomic mass is 16.5. The van der Waals surface area contributed by atoms with Crippen molar-refractivity contribution in [3.63, 3.8) is 0 Å². The van der Waals surface area contributed by atoms with E-state index in [0.717, 1.165) is 17.6 Å². The first-order chi connectivity index (χ1) is 6.35. The summed E-state index contributed by atoms with van der Waals surface area (Å²) in [5.41, 5.74) is 1.33. The molecule has 2 aromatic heterocycles. The molecule has 0 aliphatic carbocycles. The minimum atomic E-state index is 0.568. The van der Waals surface area contributed by atoms with Gasteiger partial charge in [0.1, 0.15) is 5.75 Å². The summed E-state index contributed by atoms with van der Waals surface area (Å²) in [7, 11) is 1.59. The SMILES string of the molecule is COc1ccn2ncc(C=O)c2c1. The highest BCUT2D eigenvalue weighted by molar-refractivity contribution is 5.85. The third kappa shape index (κ3) is 1.16. The van der Waals surface area contributed by atoms with Crippen LogP contribution in [-0.4, -0.2) is 23.0 Å². The van der Waals surface area contributed by atoms with E-state index in [1.807, 2.05) is 0 Å². The molecule has 2 aromatic rings. The Kier molecular flexibility index (Phi) is 1.73. The number of aromatic nitrogens is 2. The van der Waals surface area contributed by atoms with Gasteiger partial charge < -0.3 is 4.74 Å². The average Bonchev–Trinajstić information content (AvgIpc) is 2.59. The van der Waals surface area contributed by atoms with E-state index in [1.54, 1.807) is 30.0 Å². The lowest BCUT2D eigenvalue weighted by Crippen LogP contribution is -1.89. The van der Waals surface area contributed by atoms with Crippen molar-refractivity contribution >= 4 is 11.8 Å². The molecular weight excluding hydrogens is 168 g/mol. The van der Waals surface area contributed by atoms with Gasteiger partial charge in [0.15, 0.2) is 6.29 Å². The van der Waals surface area contributed by atoms with E-state index in [1.165, 1.54) is 6.20 Å². The Hall–Kier alpha value is -1.84. The first kappa shape index (κ1) is 7.79. The summed E-state index contributed by atoms with van der Waals surface area (Å²) in [4.78, 5) is 10.6. The molecule has 0 spiro atoms. The van der Waals surface area contributed by atoms with Crippen molar-refractivity contribution < 1.29 is 9.53 Å². The monoisotopic (exact) mass is 176 g/mol. The smallest absolute Gasteiger partial charge is 0.153 e. The number of methoxy groups -OCH3 is 1. The van der Waals surface area contributed by atoms with Crippen LogP contribution in [0.3, 0.4) is 0 Å². The van der Waals surface area contributed by atoms with Crippen molar-refractivity contribution in [3.05, 3.63) is 30.1 Å². The number of nitrogens with zero attached hydrogens (tertiary/aromatic N) is 2. The quantitative estimate of drug-likeness (QED) is 0.645. The van der Waals surface area contributed by atoms with E-state index in [4.69, 9.17) is 4.74 Å². The summed E-state index contributed by atoms with van der Waals surface area (Å²) >= 11 is 0. The maximum absolute atomic E-state index is 10.6. The minimum absolute atomic E-state index is 0.568. The van der Waals surface area contributed by atoms with Crippen molar-refractivity contribution in [2.75, 3.05) is 7.11 Å². The summed E-state index contributed by atoms with van der Waals surface area (Å²) in [5, 5.41) is 3.99. The highest BCUT2D eigenvalue weighted by Crippen LogP contribution is 2.15. The molecule has 0 radical (unpaired) electrons. The van der Waals surface area contributed by atoms with Crippen molar-refractivity contribution in [2.45, 2.75) is 0 Å². The lowest BCUT2D eigenvalue weighted by atomic mass is 10.3. The van der Waals surface area contributed by atoms with Crippen molar-refractivity contribution in [3.8, 4) is 5.75 Å². The second kappa shape index (κ2) is 2.90. The second-order valence-electron chi connectivity index (χ2n) is 2.61. The number of fused-ring (bicyclic) bond motifs is 1. The van der Waals surface area contributed by atoms with Gasteiger partial charge in [0.25, 0.3) is 0 Å². The Morgan fingerprint density at radius 1 is 1.62 bits per heavy atom. The Morgan fingerprint density at radius 2 is 2.46 bits per heavy atom. The molecule has 0 aliphatic heterocycles. The number of ether oxygens (including phenoxy) is 1. The maximum atomic E-state index is 10.6. The van der Waals surface area contributed by atoms with Crippen LogP contribution < -0.4 is 4.74 Å². The second-order valence-corrected chi connectivity index (χ2v) is 2.61. The van der Waals surface area contributed by atoms with Gasteiger partial charge in [-0.1, -0.05) is 0 Å². The summed E-state index contributed by atoms with van der Waals surface area (Å²) in [6.07, 6.45) is 4.06. The lowest BCUT2D eigenvalue weighted by molar-refractivity contribution is 0.112. The number of hydrogen-bond donors (Lipinski definition) is 0. The third-order valence-corrected chi connectivity index (χ3v) is 1.89. The number of hydrogen-bond acceptors (Lipinski definition) is 3. The lowest BCUT2D eigenvalue weighted by Gasteiger charge is -1.99. The molecule has 66 valence electrons. The summed E-state index contributed by atoms with van der Waals surface area (Å²) in [6, 6.07) is 3.56. The van der Waals surface area contributed by atoms with Gasteiger partial charge in [-0.3, -0.25) is 4.79 Å². The molecule has 2 rings (SSSR count). The van der Waals surface area contributed by atoms with Gasteiger partial charge in [-0.25, -0.2) is 4.52 Å². The number of rotatable bonds is 2. The highest BCUT2D eigenvalue weighted by Gasteiger charge is 2.03. The Labute approximate surface area is 74.7 Å². The number of carbonyl (C=O) groups is 1. The normalized spacial score (nSPS) is 10.2. The van der Waals surface area contributed by atoms with Crippen LogP contribution in [0.4, 0.5) is 0 Å². The first-order valence-corrected chi connectivity index (χ1v) is 3.81. The van der Waals surface area contributed by atoms with Crippen molar-refractivity contribution in [1.29, 1.82) is 0 Å². The fraction of sp³-hybridized carbons (Fsp3) is 0.111. The fourth-order valence-corrected chi connectivity index (χ4v) is 1.20. The number of carbonyl (C=O) groups excluding carboxylic acids is 1. The standard InChI is InChI=1S/C9H8N2O2/c1-13-8-2-3-11-9(4-8)7(6-12)5-10-11/h2-6H,1H3. The van der Waals surface area contributed by atoms with Crippen LogP contribution in [0.25, 0.3) is 5.52 Å². The average molecular weight is 176 g/mol. The number of pyridine rings is 1. The molecular formula is C9H8N2O2. The van der Waals surface area contributed by atoms with Gasteiger partial charge >= 0.3 is 0 Å². The van der Waals surface area contributed by atoms with Crippen LogP contribution in [0.1, 0.15) is 10.4 Å². The topological polar surface area (TPSA) is 43.6 Å². The van der Waals surface area contributed by atoms with E-state index < -0.39 is 0 Å². The molecule has 0 aliphatic rings. The van der Waals surface area contributed by atoms with Crippen LogP contribution in [0.15, 0.2) is 24.5 Å². The molecule has 0 saturated carbocycles. The molecule has 4 nitrogen and oxygen atoms in total. The van der Waals surface area contributed by atoms with Gasteiger partial charge in [-0.2, -0.15) is 5.10 Å². The molecule has 0 amide bonds. The molecule has 0 unspecified atom stereocenters. The van der Waals surface area contributed by atoms with Gasteiger partial charge in [0.05, 0.1) is 24.4 Å². The summed E-state index contributed by atoms with van der Waals surface area (Å²) < 4.78 is 6.67. The van der Waals surface area contributed by atoms with Crippen LogP contribution >= 0.6 is 0 Å². The van der Waals surface area contributed by atoms with E-state index >= 15 is 0 Å². The Balaban J connectivity index is 2.71. The zero-order valence-corrected chi connectivity index (χ0v) is 7.10. The largest absolute Gasteiger partial charge is 0.497 e. The van der Waals surface area contributed by atoms with E-state index in [0.29, 0.717) is 5.56 Å². The predicted octanol–water partition coefficient (Wildman–Crippen LogP) is 1.16. The molecule has 0 atom stereocenters. The van der Waals surface area contributed by atoms with Crippen LogP contribution in [0.5, 0.6) is 5.75 Å². The van der Waals surface area contributed by atoms with Gasteiger partial charge in [0.2, 0.25) is 0 Å². The third-order valence-electron chi connectivity index (χ3n) is 1.89. The Morgan fingerprint density at radius 3 is 3.15 bits per heavy atom. The zero-order chi connectivity index (χ0) is 9.26. The van der Waals surface area contributed by atoms with E-state index in [9.17, 15) is 4.79 Å². The van der Waals surface area contributed by atoms with Gasteiger partial charge in [-0.15, -0.1) is 0 Å². The molecule has 13 heavy (non-hydrogen) atoms. The van der Waals surface area contributed by atoms with Crippen LogP contribution in [-0.2, 0) is 0 Å². The van der Waals surface area contributed by atoms with Crippen molar-refractivity contribution in [1.82, 2.24) is 9.61 Å². The minimum Gasteiger partial charge on any atom is -0.497 e. The Bertz CT molecular complexity index is 448. The van der Waals surface area contributed by atoms with E-state index in [2.05, 4.69) is 5.10 Å². The molecule has 4 heteroatoms. The van der Waals surface area contributed by atoms with Gasteiger partial charge in [-0.05, 0) is 6.07 Å². The molecule has 0 saturated heterocycles. The van der Waals surface area contributed by atoms with Crippen molar-refractivity contribution in [2.24, 2.45) is 0 Å². The van der Waals surface area contributed by atoms with Crippen LogP contribution in [0.2, 0.25) is 0 Å². The summed E-state index contributed by atoms with van der Waals surface area (Å²) in [5.74, 6) is 0.719. The predicted molar refractivity (Wildman–Crippen MR) is 47.1 cm³/mol. The van der Waals surface area contributed by atoms with Gasteiger partial charge in [0, 0.05) is 12.3 Å². The molecule has 2 heterocycles.